The molecule has 0 amide bonds. The predicted octanol–water partition coefficient (Wildman–Crippen LogP) is 2.34. The lowest BCUT2D eigenvalue weighted by atomic mass is 9.73. The summed E-state index contributed by atoms with van der Waals surface area (Å²) >= 11 is 0. The van der Waals surface area contributed by atoms with Crippen LogP contribution < -0.4 is 4.74 Å². The van der Waals surface area contributed by atoms with Gasteiger partial charge in [0, 0.05) is 12.6 Å². The fourth-order valence-corrected chi connectivity index (χ4v) is 4.06. The summed E-state index contributed by atoms with van der Waals surface area (Å²) in [6.45, 7) is 3.21. The van der Waals surface area contributed by atoms with Gasteiger partial charge in [0.25, 0.3) is 0 Å². The van der Waals surface area contributed by atoms with E-state index in [9.17, 15) is 0 Å². The average molecular weight is 365 g/mol. The van der Waals surface area contributed by atoms with Crippen LogP contribution in [0.2, 0.25) is 0 Å². The second kappa shape index (κ2) is 8.51. The minimum Gasteiger partial charge on any atom is -0.497 e. The van der Waals surface area contributed by atoms with Crippen LogP contribution in [0.15, 0.2) is 24.3 Å². The number of methoxy groups -OCH3 is 1. The molecule has 3 rings (SSSR count). The quantitative estimate of drug-likeness (QED) is 0.777. The van der Waals surface area contributed by atoms with Gasteiger partial charge in [0.2, 0.25) is 0 Å². The van der Waals surface area contributed by atoms with Crippen molar-refractivity contribution in [3.8, 4) is 5.75 Å². The highest BCUT2D eigenvalue weighted by Crippen LogP contribution is 2.46. The van der Waals surface area contributed by atoms with Crippen LogP contribution in [-0.2, 0) is 19.9 Å². The standard InChI is InChI=1S/C17H25NO2.C2H2O4/c1-13-12-18(2)16-9-4-5-10-17(16,20-13)14-7-6-8-15(11-14)19-3;3-1(4)2(5)6/h6-8,11,13,16H,4-5,9-10,12H2,1-3H3;(H,3,4)(H,5,6). The van der Waals surface area contributed by atoms with Gasteiger partial charge >= 0.3 is 11.9 Å². The number of carbonyl (C=O) groups is 2. The van der Waals surface area contributed by atoms with Crippen molar-refractivity contribution in [3.63, 3.8) is 0 Å². The number of morpholine rings is 1. The maximum atomic E-state index is 9.10. The first kappa shape index (κ1) is 20.2. The molecule has 3 atom stereocenters. The highest BCUT2D eigenvalue weighted by molar-refractivity contribution is 6.27. The van der Waals surface area contributed by atoms with Gasteiger partial charge < -0.3 is 19.7 Å². The van der Waals surface area contributed by atoms with E-state index in [1.54, 1.807) is 7.11 Å². The lowest BCUT2D eigenvalue weighted by Gasteiger charge is -2.53. The van der Waals surface area contributed by atoms with E-state index in [1.807, 2.05) is 6.07 Å². The van der Waals surface area contributed by atoms with Crippen LogP contribution in [0.5, 0.6) is 5.75 Å². The monoisotopic (exact) mass is 365 g/mol. The zero-order valence-electron chi connectivity index (χ0n) is 15.5. The third kappa shape index (κ3) is 4.34. The molecule has 0 radical (unpaired) electrons. The van der Waals surface area contributed by atoms with Gasteiger partial charge in [0.15, 0.2) is 0 Å². The number of aliphatic carboxylic acids is 2. The third-order valence-corrected chi connectivity index (χ3v) is 5.04. The first-order chi connectivity index (χ1) is 12.3. The summed E-state index contributed by atoms with van der Waals surface area (Å²) in [4.78, 5) is 20.7. The van der Waals surface area contributed by atoms with Gasteiger partial charge in [0.05, 0.1) is 13.2 Å². The Bertz CT molecular complexity index is 637. The van der Waals surface area contributed by atoms with Gasteiger partial charge in [0.1, 0.15) is 11.4 Å². The number of ether oxygens (including phenoxy) is 2. The number of carboxylic acid groups (broad SMARTS) is 2. The smallest absolute Gasteiger partial charge is 0.414 e. The first-order valence-electron chi connectivity index (χ1n) is 8.79. The Morgan fingerprint density at radius 3 is 2.58 bits per heavy atom. The Balaban J connectivity index is 0.000000352. The predicted molar refractivity (Wildman–Crippen MR) is 95.4 cm³/mol. The van der Waals surface area contributed by atoms with Crippen molar-refractivity contribution < 1.29 is 29.3 Å². The van der Waals surface area contributed by atoms with E-state index in [0.29, 0.717) is 6.04 Å². The van der Waals surface area contributed by atoms with E-state index < -0.39 is 11.9 Å². The minimum absolute atomic E-state index is 0.154. The normalized spacial score (nSPS) is 28.3. The van der Waals surface area contributed by atoms with Crippen LogP contribution in [0.25, 0.3) is 0 Å². The van der Waals surface area contributed by atoms with E-state index in [1.165, 1.54) is 24.8 Å². The van der Waals surface area contributed by atoms with Gasteiger partial charge in [-0.15, -0.1) is 0 Å². The van der Waals surface area contributed by atoms with Gasteiger partial charge in [-0.05, 0) is 44.5 Å². The van der Waals surface area contributed by atoms with Gasteiger partial charge in [-0.1, -0.05) is 25.0 Å². The molecule has 0 bridgehead atoms. The number of likely N-dealkylation sites (N-methyl/N-ethyl adjacent to an activating group) is 1. The van der Waals surface area contributed by atoms with Gasteiger partial charge in [-0.2, -0.15) is 0 Å². The number of fused-ring (bicyclic) bond motifs is 1. The van der Waals surface area contributed by atoms with Crippen LogP contribution in [0.3, 0.4) is 0 Å². The molecule has 1 aromatic carbocycles. The van der Waals surface area contributed by atoms with E-state index in [4.69, 9.17) is 29.3 Å². The van der Waals surface area contributed by atoms with Crippen molar-refractivity contribution in [2.24, 2.45) is 0 Å². The third-order valence-electron chi connectivity index (χ3n) is 5.04. The summed E-state index contributed by atoms with van der Waals surface area (Å²) in [5, 5.41) is 14.8. The van der Waals surface area contributed by atoms with Crippen molar-refractivity contribution in [1.29, 1.82) is 0 Å². The van der Waals surface area contributed by atoms with Crippen LogP contribution in [0.1, 0.15) is 38.2 Å². The number of nitrogens with zero attached hydrogens (tertiary/aromatic N) is 1. The maximum absolute atomic E-state index is 9.10. The molecule has 2 fully saturated rings. The second-order valence-corrected chi connectivity index (χ2v) is 6.86. The molecule has 1 aromatic rings. The van der Waals surface area contributed by atoms with E-state index in [2.05, 4.69) is 37.1 Å². The number of carboxylic acids is 2. The molecule has 1 saturated carbocycles. The summed E-state index contributed by atoms with van der Waals surface area (Å²) in [5.41, 5.74) is 1.12. The fourth-order valence-electron chi connectivity index (χ4n) is 4.06. The van der Waals surface area contributed by atoms with Crippen molar-refractivity contribution in [2.75, 3.05) is 20.7 Å². The largest absolute Gasteiger partial charge is 0.497 e. The topological polar surface area (TPSA) is 96.3 Å². The number of hydrogen-bond donors (Lipinski definition) is 2. The summed E-state index contributed by atoms with van der Waals surface area (Å²) in [5.74, 6) is -2.73. The van der Waals surface area contributed by atoms with Gasteiger partial charge in [-0.25, -0.2) is 9.59 Å². The van der Waals surface area contributed by atoms with Crippen molar-refractivity contribution >= 4 is 11.9 Å². The zero-order valence-corrected chi connectivity index (χ0v) is 15.5. The molecule has 2 N–H and O–H groups in total. The van der Waals surface area contributed by atoms with Crippen molar-refractivity contribution in [3.05, 3.63) is 29.8 Å². The zero-order chi connectivity index (χ0) is 19.3. The van der Waals surface area contributed by atoms with Crippen molar-refractivity contribution in [1.82, 2.24) is 4.90 Å². The Kier molecular flexibility index (Phi) is 6.61. The highest BCUT2D eigenvalue weighted by atomic mass is 16.5. The number of hydrogen-bond acceptors (Lipinski definition) is 5. The average Bonchev–Trinajstić information content (AvgIpc) is 2.62. The SMILES string of the molecule is COc1cccc(C23CCCCC2N(C)CC(C)O3)c1.O=C(O)C(=O)O. The van der Waals surface area contributed by atoms with Crippen LogP contribution in [-0.4, -0.2) is 59.9 Å². The molecule has 144 valence electrons. The molecule has 1 aliphatic heterocycles. The number of rotatable bonds is 2. The Hall–Kier alpha value is -2.12. The summed E-state index contributed by atoms with van der Waals surface area (Å²) < 4.78 is 11.9. The van der Waals surface area contributed by atoms with Crippen LogP contribution >= 0.6 is 0 Å². The maximum Gasteiger partial charge on any atom is 0.414 e. The van der Waals surface area contributed by atoms with E-state index >= 15 is 0 Å². The molecule has 1 saturated heterocycles. The molecule has 2 aliphatic rings. The lowest BCUT2D eigenvalue weighted by molar-refractivity contribution is -0.198. The summed E-state index contributed by atoms with van der Waals surface area (Å²) in [6, 6.07) is 8.93. The van der Waals surface area contributed by atoms with E-state index in [0.717, 1.165) is 18.7 Å². The first-order valence-corrected chi connectivity index (χ1v) is 8.79. The molecule has 1 aliphatic carbocycles. The Morgan fingerprint density at radius 2 is 1.96 bits per heavy atom. The second-order valence-electron chi connectivity index (χ2n) is 6.86. The van der Waals surface area contributed by atoms with E-state index in [-0.39, 0.29) is 11.7 Å². The molecule has 0 aromatic heterocycles. The Labute approximate surface area is 153 Å². The molecule has 0 spiro atoms. The number of benzene rings is 1. The van der Waals surface area contributed by atoms with Crippen LogP contribution in [0, 0.1) is 0 Å². The molecular formula is C19H27NO6. The molecule has 7 heteroatoms. The van der Waals surface area contributed by atoms with Crippen molar-refractivity contribution in [2.45, 2.75) is 50.4 Å². The van der Waals surface area contributed by atoms with Crippen LogP contribution in [0.4, 0.5) is 0 Å². The summed E-state index contributed by atoms with van der Waals surface area (Å²) in [6.07, 6.45) is 5.16. The summed E-state index contributed by atoms with van der Waals surface area (Å²) in [7, 11) is 3.97. The fraction of sp³-hybridized carbons (Fsp3) is 0.579. The molecular weight excluding hydrogens is 338 g/mol. The molecule has 26 heavy (non-hydrogen) atoms. The minimum atomic E-state index is -1.82. The Morgan fingerprint density at radius 1 is 1.27 bits per heavy atom. The lowest BCUT2D eigenvalue weighted by Crippen LogP contribution is -2.60. The molecule has 7 nitrogen and oxygen atoms in total. The molecule has 1 heterocycles. The van der Waals surface area contributed by atoms with Gasteiger partial charge in [-0.3, -0.25) is 4.90 Å². The highest BCUT2D eigenvalue weighted by Gasteiger charge is 2.49. The molecule has 3 unspecified atom stereocenters.